The van der Waals surface area contributed by atoms with Gasteiger partial charge < -0.3 is 0 Å². The topological polar surface area (TPSA) is 21.8 Å². The Morgan fingerprint density at radius 1 is 1.06 bits per heavy atom. The summed E-state index contributed by atoms with van der Waals surface area (Å²) in [6.07, 6.45) is 0.365. The minimum atomic E-state index is -0.842. The van der Waals surface area contributed by atoms with Gasteiger partial charge in [-0.1, -0.05) is 0 Å². The van der Waals surface area contributed by atoms with Crippen molar-refractivity contribution in [3.05, 3.63) is 0 Å². The van der Waals surface area contributed by atoms with Crippen LogP contribution in [0.5, 0.6) is 0 Å². The summed E-state index contributed by atoms with van der Waals surface area (Å²) in [4.78, 5) is 2.29. The molecular formula is C12H32GeN4. The zero-order valence-corrected chi connectivity index (χ0v) is 16.0. The van der Waals surface area contributed by atoms with Crippen molar-refractivity contribution in [1.29, 1.82) is 0 Å². The monoisotopic (exact) mass is 306 g/mol. The van der Waals surface area contributed by atoms with E-state index < -0.39 is 15.9 Å². The van der Waals surface area contributed by atoms with Crippen LogP contribution in [0.25, 0.3) is 0 Å². The van der Waals surface area contributed by atoms with Crippen LogP contribution < -0.4 is 5.32 Å². The van der Waals surface area contributed by atoms with Crippen LogP contribution in [0.2, 0.25) is 0 Å². The van der Waals surface area contributed by atoms with Crippen LogP contribution in [0.1, 0.15) is 34.6 Å². The minimum absolute atomic E-state index is 0.365. The second-order valence-corrected chi connectivity index (χ2v) is 9.97. The summed E-state index contributed by atoms with van der Waals surface area (Å²) in [5.41, 5.74) is 0. The van der Waals surface area contributed by atoms with Crippen LogP contribution in [0.3, 0.4) is 0 Å². The molecule has 0 fully saturated rings. The molecule has 0 bridgehead atoms. The van der Waals surface area contributed by atoms with Crippen molar-refractivity contribution < 1.29 is 0 Å². The zero-order valence-electron chi connectivity index (χ0n) is 13.0. The van der Waals surface area contributed by atoms with Gasteiger partial charge in [0.2, 0.25) is 0 Å². The van der Waals surface area contributed by atoms with E-state index in [9.17, 15) is 0 Å². The molecule has 4 nitrogen and oxygen atoms in total. The number of nitrogens with zero attached hydrogens (tertiary/aromatic N) is 3. The van der Waals surface area contributed by atoms with E-state index in [1.54, 1.807) is 0 Å². The number of hydrogen-bond acceptors (Lipinski definition) is 4. The summed E-state index contributed by atoms with van der Waals surface area (Å²) in [5, 5.41) is 3.66. The van der Waals surface area contributed by atoms with E-state index in [1.165, 1.54) is 0 Å². The molecule has 0 rings (SSSR count). The molecule has 1 N–H and O–H groups in total. The van der Waals surface area contributed by atoms with Crippen LogP contribution in [-0.2, 0) is 0 Å². The summed E-state index contributed by atoms with van der Waals surface area (Å²) in [6, 6.07) is 1.11. The second-order valence-electron chi connectivity index (χ2n) is 5.58. The zero-order chi connectivity index (χ0) is 13.6. The van der Waals surface area contributed by atoms with Gasteiger partial charge in [-0.3, -0.25) is 0 Å². The molecule has 0 aromatic carbocycles. The van der Waals surface area contributed by atoms with Crippen molar-refractivity contribution in [1.82, 2.24) is 17.9 Å². The van der Waals surface area contributed by atoms with Gasteiger partial charge in [-0.05, 0) is 0 Å². The fourth-order valence-corrected chi connectivity index (χ4v) is 5.25. The summed E-state index contributed by atoms with van der Waals surface area (Å²) in [6.45, 7) is 12.4. The number of rotatable bonds is 8. The van der Waals surface area contributed by atoms with Gasteiger partial charge >= 0.3 is 114 Å². The van der Waals surface area contributed by atoms with E-state index >= 15 is 0 Å². The Morgan fingerprint density at radius 2 is 1.59 bits per heavy atom. The molecule has 1 atom stereocenters. The van der Waals surface area contributed by atoms with Gasteiger partial charge in [0.05, 0.1) is 0 Å². The van der Waals surface area contributed by atoms with E-state index in [1.807, 2.05) is 0 Å². The fraction of sp³-hybridized carbons (Fsp3) is 1.00. The van der Waals surface area contributed by atoms with E-state index in [0.717, 1.165) is 6.54 Å². The second kappa shape index (κ2) is 8.48. The molecule has 0 aliphatic carbocycles. The maximum atomic E-state index is 3.66. The van der Waals surface area contributed by atoms with E-state index in [2.05, 4.69) is 73.7 Å². The molecule has 0 aliphatic rings. The third-order valence-electron chi connectivity index (χ3n) is 2.89. The Labute approximate surface area is 115 Å². The summed E-state index contributed by atoms with van der Waals surface area (Å²) in [5.74, 6) is 0. The molecule has 104 valence electrons. The SMILES string of the molecule is CC[N](C)[GeH2][N](C(C)C)C(NC(C)C)N(C)C. The van der Waals surface area contributed by atoms with Crippen molar-refractivity contribution in [2.75, 3.05) is 27.7 Å². The van der Waals surface area contributed by atoms with Crippen molar-refractivity contribution >= 4 is 15.9 Å². The van der Waals surface area contributed by atoms with E-state index in [-0.39, 0.29) is 0 Å². The van der Waals surface area contributed by atoms with Crippen LogP contribution in [0.4, 0.5) is 0 Å². The molecule has 0 aromatic heterocycles. The van der Waals surface area contributed by atoms with Gasteiger partial charge in [-0.15, -0.1) is 0 Å². The maximum absolute atomic E-state index is 3.66. The van der Waals surface area contributed by atoms with Crippen molar-refractivity contribution in [3.63, 3.8) is 0 Å². The summed E-state index contributed by atoms with van der Waals surface area (Å²) < 4.78 is 5.18. The predicted octanol–water partition coefficient (Wildman–Crippen LogP) is 0.491. The Kier molecular flexibility index (Phi) is 8.67. The van der Waals surface area contributed by atoms with Gasteiger partial charge in [0.1, 0.15) is 0 Å². The predicted molar refractivity (Wildman–Crippen MR) is 79.6 cm³/mol. The first-order chi connectivity index (χ1) is 7.79. The van der Waals surface area contributed by atoms with Gasteiger partial charge in [0.15, 0.2) is 0 Å². The molecule has 0 spiro atoms. The van der Waals surface area contributed by atoms with Crippen LogP contribution in [0, 0.1) is 0 Å². The Morgan fingerprint density at radius 3 is 1.88 bits per heavy atom. The fourth-order valence-electron chi connectivity index (χ4n) is 1.74. The Balaban J connectivity index is 4.70. The number of hydrogen-bond donors (Lipinski definition) is 1. The summed E-state index contributed by atoms with van der Waals surface area (Å²) in [7, 11) is 6.56. The van der Waals surface area contributed by atoms with Gasteiger partial charge in [0, 0.05) is 0 Å². The summed E-state index contributed by atoms with van der Waals surface area (Å²) >= 11 is -0.842. The van der Waals surface area contributed by atoms with Crippen LogP contribution in [-0.4, -0.2) is 74.6 Å². The number of nitrogens with one attached hydrogen (secondary N) is 1. The van der Waals surface area contributed by atoms with Gasteiger partial charge in [0.25, 0.3) is 0 Å². The van der Waals surface area contributed by atoms with Crippen LogP contribution >= 0.6 is 0 Å². The molecular weight excluding hydrogens is 273 g/mol. The molecule has 5 heteroatoms. The van der Waals surface area contributed by atoms with Crippen molar-refractivity contribution in [2.45, 2.75) is 53.0 Å². The molecule has 0 saturated heterocycles. The molecule has 1 unspecified atom stereocenters. The quantitative estimate of drug-likeness (QED) is 0.520. The third kappa shape index (κ3) is 6.76. The average molecular weight is 305 g/mol. The van der Waals surface area contributed by atoms with E-state index in [4.69, 9.17) is 0 Å². The molecule has 0 saturated carbocycles. The molecule has 0 amide bonds. The third-order valence-corrected chi connectivity index (χ3v) is 7.79. The Hall–Kier alpha value is 0.383. The molecule has 0 aromatic rings. The van der Waals surface area contributed by atoms with Crippen LogP contribution in [0.15, 0.2) is 0 Å². The normalized spacial score (nSPS) is 15.4. The first-order valence-corrected chi connectivity index (χ1v) is 9.31. The average Bonchev–Trinajstić information content (AvgIpc) is 2.21. The Bertz CT molecular complexity index is 197. The van der Waals surface area contributed by atoms with E-state index in [0.29, 0.717) is 18.4 Å². The molecule has 0 heterocycles. The van der Waals surface area contributed by atoms with Crippen molar-refractivity contribution in [3.8, 4) is 0 Å². The first-order valence-electron chi connectivity index (χ1n) is 6.66. The van der Waals surface area contributed by atoms with Gasteiger partial charge in [-0.25, -0.2) is 0 Å². The molecule has 17 heavy (non-hydrogen) atoms. The standard InChI is InChI=1S/C12H32GeN4/c1-9-16(8)13-17(11(4)5)12(15(6)7)14-10(2)3/h10-12,14H,9,13H2,1-8H3. The molecule has 0 radical (unpaired) electrons. The first kappa shape index (κ1) is 17.4. The van der Waals surface area contributed by atoms with Gasteiger partial charge in [-0.2, -0.15) is 0 Å². The van der Waals surface area contributed by atoms with Crippen molar-refractivity contribution in [2.24, 2.45) is 0 Å². The molecule has 0 aliphatic heterocycles.